The van der Waals surface area contributed by atoms with Crippen molar-refractivity contribution in [3.63, 3.8) is 0 Å². The van der Waals surface area contributed by atoms with Crippen LogP contribution in [-0.2, 0) is 6.18 Å². The molecule has 0 aromatic heterocycles. The zero-order valence-electron chi connectivity index (χ0n) is 10.8. The maximum absolute atomic E-state index is 13.8. The third-order valence-corrected chi connectivity index (χ3v) is 3.02. The Hall–Kier alpha value is -1.91. The van der Waals surface area contributed by atoms with Crippen LogP contribution in [0.2, 0.25) is 0 Å². The van der Waals surface area contributed by atoms with E-state index in [4.69, 9.17) is 0 Å². The first-order valence-electron chi connectivity index (χ1n) is 5.84. The fourth-order valence-electron chi connectivity index (χ4n) is 1.99. The number of aryl methyl sites for hydroxylation is 2. The molecule has 5 heteroatoms. The van der Waals surface area contributed by atoms with Crippen molar-refractivity contribution >= 4 is 0 Å². The van der Waals surface area contributed by atoms with E-state index in [-0.39, 0.29) is 16.7 Å². The standard InChI is InChI=1S/C15H11F5/c1-8-3-4-12(15(18,19)20)10(5-8)11-6-9(2)13(16)7-14(11)17/h3-7H,1-2H3. The van der Waals surface area contributed by atoms with E-state index in [1.54, 1.807) is 6.92 Å². The second kappa shape index (κ2) is 4.89. The molecule has 2 aromatic rings. The third-order valence-electron chi connectivity index (χ3n) is 3.02. The predicted octanol–water partition coefficient (Wildman–Crippen LogP) is 5.27. The van der Waals surface area contributed by atoms with Gasteiger partial charge in [-0.1, -0.05) is 17.7 Å². The van der Waals surface area contributed by atoms with Gasteiger partial charge in [-0.05, 0) is 37.1 Å². The minimum absolute atomic E-state index is 0.0935. The fourth-order valence-corrected chi connectivity index (χ4v) is 1.99. The van der Waals surface area contributed by atoms with Crippen LogP contribution in [-0.4, -0.2) is 0 Å². The lowest BCUT2D eigenvalue weighted by Crippen LogP contribution is -2.08. The van der Waals surface area contributed by atoms with Crippen LogP contribution in [0.5, 0.6) is 0 Å². The van der Waals surface area contributed by atoms with Crippen LogP contribution in [0.3, 0.4) is 0 Å². The summed E-state index contributed by atoms with van der Waals surface area (Å²) in [6.45, 7) is 2.99. The maximum Gasteiger partial charge on any atom is 0.417 e. The maximum atomic E-state index is 13.8. The molecule has 0 radical (unpaired) electrons. The van der Waals surface area contributed by atoms with Crippen LogP contribution >= 0.6 is 0 Å². The van der Waals surface area contributed by atoms with Gasteiger partial charge in [0.1, 0.15) is 11.6 Å². The first kappa shape index (κ1) is 14.5. The molecule has 0 saturated heterocycles. The van der Waals surface area contributed by atoms with E-state index >= 15 is 0 Å². The predicted molar refractivity (Wildman–Crippen MR) is 66.3 cm³/mol. The van der Waals surface area contributed by atoms with Gasteiger partial charge in [0, 0.05) is 11.6 Å². The van der Waals surface area contributed by atoms with E-state index in [9.17, 15) is 22.0 Å². The molecular formula is C15H11F5. The molecule has 0 aliphatic carbocycles. The Labute approximate surface area is 112 Å². The van der Waals surface area contributed by atoms with Gasteiger partial charge < -0.3 is 0 Å². The highest BCUT2D eigenvalue weighted by molar-refractivity contribution is 5.70. The normalized spacial score (nSPS) is 11.8. The molecule has 0 saturated carbocycles. The van der Waals surface area contributed by atoms with Crippen LogP contribution in [0, 0.1) is 25.5 Å². The molecule has 0 spiro atoms. The van der Waals surface area contributed by atoms with E-state index in [1.807, 2.05) is 0 Å². The summed E-state index contributed by atoms with van der Waals surface area (Å²) in [5.41, 5.74) is -0.809. The molecule has 0 amide bonds. The van der Waals surface area contributed by atoms with E-state index in [0.29, 0.717) is 11.6 Å². The van der Waals surface area contributed by atoms with Gasteiger partial charge in [-0.2, -0.15) is 13.2 Å². The minimum Gasteiger partial charge on any atom is -0.207 e. The van der Waals surface area contributed by atoms with Crippen molar-refractivity contribution in [2.45, 2.75) is 20.0 Å². The van der Waals surface area contributed by atoms with Gasteiger partial charge in [0.25, 0.3) is 0 Å². The average molecular weight is 286 g/mol. The quantitative estimate of drug-likeness (QED) is 0.627. The van der Waals surface area contributed by atoms with Crippen LogP contribution in [0.1, 0.15) is 16.7 Å². The molecule has 0 nitrogen and oxygen atoms in total. The molecule has 0 bridgehead atoms. The van der Waals surface area contributed by atoms with Gasteiger partial charge in [-0.25, -0.2) is 8.78 Å². The number of alkyl halides is 3. The van der Waals surface area contributed by atoms with E-state index < -0.39 is 23.4 Å². The van der Waals surface area contributed by atoms with Crippen LogP contribution < -0.4 is 0 Å². The topological polar surface area (TPSA) is 0 Å². The molecule has 0 unspecified atom stereocenters. The summed E-state index contributed by atoms with van der Waals surface area (Å²) in [6.07, 6.45) is -4.60. The molecule has 0 aliphatic rings. The lowest BCUT2D eigenvalue weighted by atomic mass is 9.95. The molecule has 2 aromatic carbocycles. The van der Waals surface area contributed by atoms with Crippen molar-refractivity contribution in [3.8, 4) is 11.1 Å². The molecular weight excluding hydrogens is 275 g/mol. The molecule has 0 aliphatic heterocycles. The molecule has 0 N–H and O–H groups in total. The van der Waals surface area contributed by atoms with Crippen molar-refractivity contribution in [2.24, 2.45) is 0 Å². The Bertz CT molecular complexity index is 656. The highest BCUT2D eigenvalue weighted by Crippen LogP contribution is 2.38. The second-order valence-corrected chi connectivity index (χ2v) is 4.63. The largest absolute Gasteiger partial charge is 0.417 e. The van der Waals surface area contributed by atoms with Crippen LogP contribution in [0.4, 0.5) is 22.0 Å². The molecule has 0 fully saturated rings. The molecule has 0 atom stereocenters. The van der Waals surface area contributed by atoms with Crippen molar-refractivity contribution in [1.82, 2.24) is 0 Å². The molecule has 106 valence electrons. The minimum atomic E-state index is -4.60. The van der Waals surface area contributed by atoms with Gasteiger partial charge in [-0.3, -0.25) is 0 Å². The Kier molecular flexibility index (Phi) is 3.54. The van der Waals surface area contributed by atoms with Crippen LogP contribution in [0.25, 0.3) is 11.1 Å². The Morgan fingerprint density at radius 3 is 2.05 bits per heavy atom. The van der Waals surface area contributed by atoms with Gasteiger partial charge in [0.2, 0.25) is 0 Å². The van der Waals surface area contributed by atoms with Gasteiger partial charge in [-0.15, -0.1) is 0 Å². The smallest absolute Gasteiger partial charge is 0.207 e. The highest BCUT2D eigenvalue weighted by Gasteiger charge is 2.34. The van der Waals surface area contributed by atoms with Crippen LogP contribution in [0.15, 0.2) is 30.3 Å². The van der Waals surface area contributed by atoms with Crippen molar-refractivity contribution in [1.29, 1.82) is 0 Å². The summed E-state index contributed by atoms with van der Waals surface area (Å²) < 4.78 is 66.0. The third kappa shape index (κ3) is 2.66. The lowest BCUT2D eigenvalue weighted by molar-refractivity contribution is -0.137. The summed E-state index contributed by atoms with van der Waals surface area (Å²) in [4.78, 5) is 0. The summed E-state index contributed by atoms with van der Waals surface area (Å²) in [5, 5.41) is 0. The van der Waals surface area contributed by atoms with Gasteiger partial charge in [0.15, 0.2) is 0 Å². The monoisotopic (exact) mass is 286 g/mol. The SMILES string of the molecule is Cc1ccc(C(F)(F)F)c(-c2cc(C)c(F)cc2F)c1. The van der Waals surface area contributed by atoms with E-state index in [0.717, 1.165) is 12.1 Å². The highest BCUT2D eigenvalue weighted by atomic mass is 19.4. The molecule has 2 rings (SSSR count). The second-order valence-electron chi connectivity index (χ2n) is 4.63. The zero-order valence-corrected chi connectivity index (χ0v) is 10.8. The Balaban J connectivity index is 2.75. The van der Waals surface area contributed by atoms with Gasteiger partial charge in [0.05, 0.1) is 5.56 Å². The van der Waals surface area contributed by atoms with Crippen molar-refractivity contribution in [3.05, 3.63) is 58.7 Å². The number of rotatable bonds is 1. The van der Waals surface area contributed by atoms with Crippen molar-refractivity contribution in [2.75, 3.05) is 0 Å². The Morgan fingerprint density at radius 2 is 1.45 bits per heavy atom. The molecule has 0 heterocycles. The van der Waals surface area contributed by atoms with Crippen molar-refractivity contribution < 1.29 is 22.0 Å². The average Bonchev–Trinajstić information content (AvgIpc) is 2.32. The van der Waals surface area contributed by atoms with Gasteiger partial charge >= 0.3 is 6.18 Å². The first-order chi connectivity index (χ1) is 9.20. The fraction of sp³-hybridized carbons (Fsp3) is 0.200. The lowest BCUT2D eigenvalue weighted by Gasteiger charge is -2.15. The number of hydrogen-bond donors (Lipinski definition) is 0. The van der Waals surface area contributed by atoms with E-state index in [1.165, 1.54) is 19.1 Å². The summed E-state index contributed by atoms with van der Waals surface area (Å²) in [7, 11) is 0. The first-order valence-corrected chi connectivity index (χ1v) is 5.84. The molecule has 20 heavy (non-hydrogen) atoms. The van der Waals surface area contributed by atoms with E-state index in [2.05, 4.69) is 0 Å². The summed E-state index contributed by atoms with van der Waals surface area (Å²) >= 11 is 0. The summed E-state index contributed by atoms with van der Waals surface area (Å²) in [5.74, 6) is -1.79. The Morgan fingerprint density at radius 1 is 0.800 bits per heavy atom. The number of halogens is 5. The number of benzene rings is 2. The summed E-state index contributed by atoms with van der Waals surface area (Å²) in [6, 6.07) is 5.16. The zero-order chi connectivity index (χ0) is 15.1. The number of hydrogen-bond acceptors (Lipinski definition) is 0.